The molecule has 0 radical (unpaired) electrons. The molecule has 0 aromatic rings. The molecule has 0 amide bonds. The van der Waals surface area contributed by atoms with Crippen molar-refractivity contribution in [3.05, 3.63) is 0 Å². The second-order valence-electron chi connectivity index (χ2n) is 1.44. The van der Waals surface area contributed by atoms with Gasteiger partial charge in [-0.15, -0.1) is 0 Å². The van der Waals surface area contributed by atoms with Gasteiger partial charge in [-0.2, -0.15) is 0 Å². The molecule has 1 N–H and O–H groups in total. The Bertz CT molecular complexity index is 103. The molecule has 1 fully saturated rings. The maximum atomic E-state index is 10.3. The molecule has 0 aliphatic carbocycles. The SMILES string of the molecule is [3H]OC1CCOC1=O. The molecule has 1 saturated heterocycles. The fourth-order valence-corrected chi connectivity index (χ4v) is 0.477. The van der Waals surface area contributed by atoms with Gasteiger partial charge in [-0.1, -0.05) is 0 Å². The van der Waals surface area contributed by atoms with Gasteiger partial charge in [0.05, 0.1) is 6.61 Å². The first-order valence-corrected chi connectivity index (χ1v) is 2.13. The highest BCUT2D eigenvalue weighted by molar-refractivity contribution is 5.75. The van der Waals surface area contributed by atoms with Crippen molar-refractivity contribution in [3.63, 3.8) is 0 Å². The van der Waals surface area contributed by atoms with Crippen LogP contribution in [0.3, 0.4) is 0 Å². The van der Waals surface area contributed by atoms with Gasteiger partial charge in [0, 0.05) is 6.42 Å². The summed E-state index contributed by atoms with van der Waals surface area (Å²) < 4.78 is 10.8. The lowest BCUT2D eigenvalue weighted by atomic mass is 10.3. The topological polar surface area (TPSA) is 46.5 Å². The second-order valence-corrected chi connectivity index (χ2v) is 1.44. The first-order chi connectivity index (χ1) is 3.84. The van der Waals surface area contributed by atoms with Gasteiger partial charge in [-0.05, 0) is 0 Å². The lowest BCUT2D eigenvalue weighted by Gasteiger charge is -1.88. The smallest absolute Gasteiger partial charge is 0.335 e. The van der Waals surface area contributed by atoms with E-state index in [1.807, 2.05) is 0 Å². The lowest BCUT2D eigenvalue weighted by molar-refractivity contribution is -0.144. The molecule has 1 aliphatic heterocycles. The maximum absolute atomic E-state index is 10.3. The molecular formula is C4H6O3. The molecule has 0 saturated carbocycles. The van der Waals surface area contributed by atoms with Crippen molar-refractivity contribution < 1.29 is 14.6 Å². The summed E-state index contributed by atoms with van der Waals surface area (Å²) in [5, 5.41) is 4.00. The van der Waals surface area contributed by atoms with Crippen molar-refractivity contribution in [1.29, 1.82) is 1.43 Å². The van der Waals surface area contributed by atoms with Gasteiger partial charge >= 0.3 is 5.97 Å². The zero-order valence-electron chi connectivity index (χ0n) is 4.72. The molecule has 3 nitrogen and oxygen atoms in total. The van der Waals surface area contributed by atoms with E-state index in [-0.39, 0.29) is 0 Å². The first kappa shape index (κ1) is 3.43. The predicted molar refractivity (Wildman–Crippen MR) is 21.6 cm³/mol. The first-order valence-electron chi connectivity index (χ1n) is 2.54. The van der Waals surface area contributed by atoms with E-state index in [0.717, 1.165) is 0 Å². The predicted octanol–water partition coefficient (Wildman–Crippen LogP) is -0.706. The van der Waals surface area contributed by atoms with Gasteiger partial charge in [0.15, 0.2) is 6.10 Å². The van der Waals surface area contributed by atoms with Crippen molar-refractivity contribution in [3.8, 4) is 0 Å². The van der Waals surface area contributed by atoms with Crippen LogP contribution in [0.25, 0.3) is 0 Å². The summed E-state index contributed by atoms with van der Waals surface area (Å²) in [6.07, 6.45) is -0.113. The lowest BCUT2D eigenvalue weighted by Crippen LogP contribution is -2.11. The van der Waals surface area contributed by atoms with Gasteiger partial charge in [-0.3, -0.25) is 0 Å². The zero-order chi connectivity index (χ0) is 5.98. The van der Waals surface area contributed by atoms with Gasteiger partial charge in [-0.25, -0.2) is 4.79 Å². The Morgan fingerprint density at radius 2 is 3.00 bits per heavy atom. The third kappa shape index (κ3) is 0.718. The number of ether oxygens (including phenoxy) is 1. The third-order valence-corrected chi connectivity index (χ3v) is 0.887. The van der Waals surface area contributed by atoms with E-state index in [1.165, 1.54) is 0 Å². The number of rotatable bonds is 1. The van der Waals surface area contributed by atoms with Crippen LogP contribution in [0, 0.1) is 0 Å². The molecule has 1 atom stereocenters. The van der Waals surface area contributed by atoms with Crippen molar-refractivity contribution >= 4 is 5.97 Å². The van der Waals surface area contributed by atoms with Crippen LogP contribution in [0.4, 0.5) is 0 Å². The van der Waals surface area contributed by atoms with Crippen molar-refractivity contribution in [1.82, 2.24) is 0 Å². The van der Waals surface area contributed by atoms with Crippen molar-refractivity contribution in [2.45, 2.75) is 12.5 Å². The van der Waals surface area contributed by atoms with Crippen LogP contribution in [0.1, 0.15) is 6.42 Å². The average Bonchev–Trinajstić information content (AvgIpc) is 2.14. The van der Waals surface area contributed by atoms with Gasteiger partial charge in [0.2, 0.25) is 1.43 Å². The summed E-state index contributed by atoms with van der Waals surface area (Å²) in [4.78, 5) is 10.3. The Hall–Kier alpha value is -0.570. The van der Waals surface area contributed by atoms with Crippen LogP contribution in [0.5, 0.6) is 0 Å². The quantitative estimate of drug-likeness (QED) is 0.447. The highest BCUT2D eigenvalue weighted by Gasteiger charge is 2.22. The summed E-state index contributed by atoms with van der Waals surface area (Å²) in [5.41, 5.74) is 0. The minimum atomic E-state index is -0.630. The normalized spacial score (nSPS) is 32.3. The summed E-state index contributed by atoms with van der Waals surface area (Å²) >= 11 is 0. The number of carbonyl (C=O) groups excluding carboxylic acids is 1. The van der Waals surface area contributed by atoms with Gasteiger partial charge in [0.25, 0.3) is 0 Å². The Kier molecular flexibility index (Phi) is 0.736. The van der Waals surface area contributed by atoms with Crippen LogP contribution in [-0.4, -0.2) is 25.2 Å². The minimum Gasteiger partial charge on any atom is -0.464 e. The fraction of sp³-hybridized carbons (Fsp3) is 0.750. The highest BCUT2D eigenvalue weighted by Crippen LogP contribution is 2.03. The number of cyclic esters (lactones) is 1. The Morgan fingerprint density at radius 1 is 2.14 bits per heavy atom. The van der Waals surface area contributed by atoms with E-state index in [1.54, 1.807) is 0 Å². The molecule has 1 aliphatic rings. The molecule has 40 valence electrons. The Labute approximate surface area is 42.4 Å². The summed E-state index contributed by atoms with van der Waals surface area (Å²) in [5.74, 6) is -0.417. The Balaban J connectivity index is 2.42. The number of aliphatic hydroxyl groups is 1. The molecule has 0 spiro atoms. The molecule has 1 heterocycles. The minimum absolute atomic E-state index is 0.391. The van der Waals surface area contributed by atoms with Crippen molar-refractivity contribution in [2.75, 3.05) is 6.61 Å². The molecular weight excluding hydrogens is 96.0 g/mol. The van der Waals surface area contributed by atoms with E-state index >= 15 is 0 Å². The summed E-state index contributed by atoms with van der Waals surface area (Å²) in [7, 11) is 0. The van der Waals surface area contributed by atoms with Gasteiger partial charge in [0.1, 0.15) is 0 Å². The van der Waals surface area contributed by atoms with E-state index in [9.17, 15) is 4.79 Å². The van der Waals surface area contributed by atoms with Crippen molar-refractivity contribution in [2.24, 2.45) is 0 Å². The third-order valence-electron chi connectivity index (χ3n) is 0.887. The Morgan fingerprint density at radius 3 is 3.29 bits per heavy atom. The molecule has 3 heteroatoms. The van der Waals surface area contributed by atoms with Crippen LogP contribution < -0.4 is 0 Å². The number of hydrogen-bond acceptors (Lipinski definition) is 3. The van der Waals surface area contributed by atoms with E-state index < -0.39 is 12.1 Å². The molecule has 1 rings (SSSR count). The standard InChI is InChI=1S/C4H6O3/c5-3-1-2-7-4(3)6/h3,5H,1-2H2/i5T. The van der Waals surface area contributed by atoms with E-state index in [4.69, 9.17) is 1.43 Å². The van der Waals surface area contributed by atoms with Crippen LogP contribution in [0.15, 0.2) is 0 Å². The molecule has 0 aromatic heterocycles. The summed E-state index contributed by atoms with van der Waals surface area (Å²) in [6, 6.07) is 0. The zero-order valence-corrected chi connectivity index (χ0v) is 3.72. The number of esters is 1. The molecule has 1 unspecified atom stereocenters. The number of aliphatic hydroxyl groups excluding tert-OH is 1. The van der Waals surface area contributed by atoms with E-state index in [2.05, 4.69) is 9.85 Å². The average molecular weight is 104 g/mol. The monoisotopic (exact) mass is 104 g/mol. The maximum Gasteiger partial charge on any atom is 0.335 e. The van der Waals surface area contributed by atoms with Crippen LogP contribution in [0.2, 0.25) is 0 Å². The van der Waals surface area contributed by atoms with Crippen LogP contribution >= 0.6 is 0 Å². The second kappa shape index (κ2) is 1.50. The fourth-order valence-electron chi connectivity index (χ4n) is 0.477. The van der Waals surface area contributed by atoms with Gasteiger partial charge < -0.3 is 9.85 Å². The highest BCUT2D eigenvalue weighted by atomic mass is 16.6. The number of hydrogen-bond donors (Lipinski definition) is 1. The molecule has 0 bridgehead atoms. The molecule has 7 heavy (non-hydrogen) atoms. The van der Waals surface area contributed by atoms with E-state index in [0.29, 0.717) is 13.0 Å². The summed E-state index contributed by atoms with van der Waals surface area (Å²) in [6.45, 7) is 0.391. The number of carbonyl (C=O) groups is 1. The molecule has 0 aromatic carbocycles. The van der Waals surface area contributed by atoms with Crippen LogP contribution in [-0.2, 0) is 9.53 Å². The largest absolute Gasteiger partial charge is 0.464 e.